The molecule has 0 saturated heterocycles. The summed E-state index contributed by atoms with van der Waals surface area (Å²) in [5.74, 6) is 0.518. The summed E-state index contributed by atoms with van der Waals surface area (Å²) in [6.07, 6.45) is -2.28. The molecule has 1 aliphatic rings. The van der Waals surface area contributed by atoms with Crippen LogP contribution in [0.15, 0.2) is 41.4 Å². The van der Waals surface area contributed by atoms with Crippen molar-refractivity contribution in [2.45, 2.75) is 39.2 Å². The highest BCUT2D eigenvalue weighted by atomic mass is 19.4. The zero-order chi connectivity index (χ0) is 18.2. The second-order valence-electron chi connectivity index (χ2n) is 6.62. The van der Waals surface area contributed by atoms with Gasteiger partial charge in [0.15, 0.2) is 0 Å². The molecular weight excluding hydrogens is 331 g/mol. The fraction of sp³-hybridized carbons (Fsp3) is 0.316. The van der Waals surface area contributed by atoms with Crippen molar-refractivity contribution in [3.63, 3.8) is 0 Å². The van der Waals surface area contributed by atoms with Crippen LogP contribution in [0, 0.1) is 6.92 Å². The van der Waals surface area contributed by atoms with Gasteiger partial charge in [-0.3, -0.25) is 4.99 Å². The third kappa shape index (κ3) is 4.13. The van der Waals surface area contributed by atoms with Crippen molar-refractivity contribution >= 4 is 11.9 Å². The molecule has 3 nitrogen and oxygen atoms in total. The fourth-order valence-corrected chi connectivity index (χ4v) is 2.79. The normalized spacial score (nSPS) is 15.9. The number of ether oxygens (including phenoxy) is 2. The molecule has 0 fully saturated rings. The average molecular weight is 349 g/mol. The average Bonchev–Trinajstić information content (AvgIpc) is 2.83. The summed E-state index contributed by atoms with van der Waals surface area (Å²) >= 11 is 0. The van der Waals surface area contributed by atoms with Crippen molar-refractivity contribution in [3.8, 4) is 11.5 Å². The van der Waals surface area contributed by atoms with E-state index in [4.69, 9.17) is 4.74 Å². The molecule has 0 N–H and O–H groups in total. The molecule has 0 aliphatic carbocycles. The number of aryl methyl sites for hydroxylation is 1. The van der Waals surface area contributed by atoms with Gasteiger partial charge in [0.1, 0.15) is 22.8 Å². The molecule has 0 aromatic heterocycles. The summed E-state index contributed by atoms with van der Waals surface area (Å²) in [7, 11) is 0. The standard InChI is InChI=1S/C19H18F3NO2/c1-12-4-9-16(17-15(12)10-18(2,3)25-17)23-11-13-5-7-14(8-6-13)24-19(20,21)22/h4-9,11H,10H2,1-3H3. The first-order valence-electron chi connectivity index (χ1n) is 7.84. The van der Waals surface area contributed by atoms with Crippen LogP contribution in [-0.4, -0.2) is 18.2 Å². The zero-order valence-electron chi connectivity index (χ0n) is 14.1. The molecule has 6 heteroatoms. The van der Waals surface area contributed by atoms with Crippen molar-refractivity contribution in [1.29, 1.82) is 0 Å². The maximum absolute atomic E-state index is 12.2. The number of rotatable bonds is 3. The van der Waals surface area contributed by atoms with Gasteiger partial charge in [-0.05, 0) is 62.2 Å². The highest BCUT2D eigenvalue weighted by Crippen LogP contribution is 2.43. The van der Waals surface area contributed by atoms with E-state index in [0.717, 1.165) is 23.3 Å². The molecule has 0 unspecified atom stereocenters. The van der Waals surface area contributed by atoms with E-state index >= 15 is 0 Å². The number of hydrogen-bond donors (Lipinski definition) is 0. The minimum Gasteiger partial charge on any atom is -0.485 e. The van der Waals surface area contributed by atoms with Crippen molar-refractivity contribution in [2.24, 2.45) is 4.99 Å². The number of hydrogen-bond acceptors (Lipinski definition) is 3. The molecule has 2 aromatic rings. The van der Waals surface area contributed by atoms with Gasteiger partial charge in [-0.15, -0.1) is 13.2 Å². The third-order valence-electron chi connectivity index (χ3n) is 3.92. The van der Waals surface area contributed by atoms with Gasteiger partial charge in [0.2, 0.25) is 0 Å². The van der Waals surface area contributed by atoms with Crippen LogP contribution in [0.1, 0.15) is 30.5 Å². The first-order valence-corrected chi connectivity index (χ1v) is 7.84. The minimum absolute atomic E-state index is 0.258. The van der Waals surface area contributed by atoms with Crippen molar-refractivity contribution < 1.29 is 22.6 Å². The number of halogens is 3. The molecule has 0 saturated carbocycles. The lowest BCUT2D eigenvalue weighted by Crippen LogP contribution is -2.24. The first kappa shape index (κ1) is 17.3. The van der Waals surface area contributed by atoms with Gasteiger partial charge in [-0.1, -0.05) is 6.07 Å². The number of alkyl halides is 3. The minimum atomic E-state index is -4.69. The Labute approximate surface area is 144 Å². The summed E-state index contributed by atoms with van der Waals surface area (Å²) < 4.78 is 46.4. The van der Waals surface area contributed by atoms with Gasteiger partial charge in [0.05, 0.1) is 0 Å². The van der Waals surface area contributed by atoms with Gasteiger partial charge < -0.3 is 9.47 Å². The SMILES string of the molecule is Cc1ccc(N=Cc2ccc(OC(F)(F)F)cc2)c2c1CC(C)(C)O2. The summed E-state index contributed by atoms with van der Waals surface area (Å²) in [6.45, 7) is 6.09. The number of benzene rings is 2. The monoisotopic (exact) mass is 349 g/mol. The Morgan fingerprint density at radius 2 is 1.80 bits per heavy atom. The topological polar surface area (TPSA) is 30.8 Å². The van der Waals surface area contributed by atoms with E-state index in [9.17, 15) is 13.2 Å². The molecule has 25 heavy (non-hydrogen) atoms. The Hall–Kier alpha value is -2.50. The molecule has 2 aromatic carbocycles. The maximum Gasteiger partial charge on any atom is 0.573 e. The van der Waals surface area contributed by atoms with E-state index in [0.29, 0.717) is 11.3 Å². The summed E-state index contributed by atoms with van der Waals surface area (Å²) in [5.41, 5.74) is 3.42. The lowest BCUT2D eigenvalue weighted by Gasteiger charge is -2.17. The predicted octanol–water partition coefficient (Wildman–Crippen LogP) is 5.36. The molecule has 0 radical (unpaired) electrons. The molecule has 0 spiro atoms. The summed E-state index contributed by atoms with van der Waals surface area (Å²) in [5, 5.41) is 0. The van der Waals surface area contributed by atoms with Crippen LogP contribution in [0.5, 0.6) is 11.5 Å². The van der Waals surface area contributed by atoms with E-state index in [1.54, 1.807) is 6.21 Å². The Kier molecular flexibility index (Phi) is 4.22. The van der Waals surface area contributed by atoms with Crippen LogP contribution in [0.3, 0.4) is 0 Å². The molecule has 0 bridgehead atoms. The van der Waals surface area contributed by atoms with Gasteiger partial charge in [-0.2, -0.15) is 0 Å². The second-order valence-corrected chi connectivity index (χ2v) is 6.62. The van der Waals surface area contributed by atoms with Crippen LogP contribution in [-0.2, 0) is 6.42 Å². The Morgan fingerprint density at radius 1 is 1.12 bits per heavy atom. The highest BCUT2D eigenvalue weighted by molar-refractivity contribution is 5.83. The van der Waals surface area contributed by atoms with Gasteiger partial charge in [-0.25, -0.2) is 0 Å². The van der Waals surface area contributed by atoms with Crippen LogP contribution in [0.4, 0.5) is 18.9 Å². The second kappa shape index (κ2) is 6.10. The lowest BCUT2D eigenvalue weighted by molar-refractivity contribution is -0.274. The highest BCUT2D eigenvalue weighted by Gasteiger charge is 2.33. The zero-order valence-corrected chi connectivity index (χ0v) is 14.1. The third-order valence-corrected chi connectivity index (χ3v) is 3.92. The largest absolute Gasteiger partial charge is 0.573 e. The Balaban J connectivity index is 1.81. The smallest absolute Gasteiger partial charge is 0.485 e. The fourth-order valence-electron chi connectivity index (χ4n) is 2.79. The lowest BCUT2D eigenvalue weighted by atomic mass is 9.98. The van der Waals surface area contributed by atoms with Gasteiger partial charge >= 0.3 is 6.36 Å². The number of fused-ring (bicyclic) bond motifs is 1. The summed E-state index contributed by atoms with van der Waals surface area (Å²) in [4.78, 5) is 4.45. The van der Waals surface area contributed by atoms with E-state index in [1.807, 2.05) is 32.9 Å². The number of aliphatic imine (C=N–C) groups is 1. The Morgan fingerprint density at radius 3 is 2.44 bits per heavy atom. The van der Waals surface area contributed by atoms with E-state index in [1.165, 1.54) is 24.3 Å². The number of nitrogens with zero attached hydrogens (tertiary/aromatic N) is 1. The van der Waals surface area contributed by atoms with Crippen molar-refractivity contribution in [2.75, 3.05) is 0 Å². The van der Waals surface area contributed by atoms with Crippen LogP contribution < -0.4 is 9.47 Å². The molecule has 0 amide bonds. The van der Waals surface area contributed by atoms with E-state index in [-0.39, 0.29) is 11.4 Å². The van der Waals surface area contributed by atoms with Crippen LogP contribution in [0.25, 0.3) is 0 Å². The van der Waals surface area contributed by atoms with Crippen LogP contribution in [0.2, 0.25) is 0 Å². The van der Waals surface area contributed by atoms with Crippen molar-refractivity contribution in [3.05, 3.63) is 53.1 Å². The molecule has 0 atom stereocenters. The predicted molar refractivity (Wildman–Crippen MR) is 90.0 cm³/mol. The molecule has 1 heterocycles. The first-order chi connectivity index (χ1) is 11.6. The Bertz CT molecular complexity index is 809. The molecular formula is C19H18F3NO2. The summed E-state index contributed by atoms with van der Waals surface area (Å²) in [6, 6.07) is 9.43. The molecule has 1 aliphatic heterocycles. The van der Waals surface area contributed by atoms with Gasteiger partial charge in [0.25, 0.3) is 0 Å². The van der Waals surface area contributed by atoms with Gasteiger partial charge in [0, 0.05) is 18.2 Å². The molecule has 3 rings (SSSR count). The molecule has 132 valence electrons. The van der Waals surface area contributed by atoms with E-state index < -0.39 is 6.36 Å². The van der Waals surface area contributed by atoms with E-state index in [2.05, 4.69) is 9.73 Å². The van der Waals surface area contributed by atoms with Crippen molar-refractivity contribution in [1.82, 2.24) is 0 Å². The van der Waals surface area contributed by atoms with Crippen LogP contribution >= 0.6 is 0 Å². The maximum atomic E-state index is 12.2. The quantitative estimate of drug-likeness (QED) is 0.699.